The minimum Gasteiger partial charge on any atom is -0.330 e. The second kappa shape index (κ2) is 7.32. The van der Waals surface area contributed by atoms with Crippen LogP contribution in [0.3, 0.4) is 0 Å². The van der Waals surface area contributed by atoms with Crippen LogP contribution in [-0.4, -0.2) is 12.3 Å². The van der Waals surface area contributed by atoms with E-state index in [-0.39, 0.29) is 5.78 Å². The minimum absolute atomic E-state index is 0.260. The van der Waals surface area contributed by atoms with Gasteiger partial charge in [0, 0.05) is 12.0 Å². The number of rotatable bonds is 7. The maximum absolute atomic E-state index is 12.2. The molecule has 2 nitrogen and oxygen atoms in total. The monoisotopic (exact) mass is 247 g/mol. The van der Waals surface area contributed by atoms with Crippen molar-refractivity contribution in [2.24, 2.45) is 17.6 Å². The summed E-state index contributed by atoms with van der Waals surface area (Å²) in [7, 11) is 0. The highest BCUT2D eigenvalue weighted by Gasteiger charge is 2.15. The number of hydrogen-bond donors (Lipinski definition) is 1. The third-order valence-electron chi connectivity index (χ3n) is 3.67. The zero-order valence-electron chi connectivity index (χ0n) is 11.8. The van der Waals surface area contributed by atoms with Gasteiger partial charge in [-0.1, -0.05) is 38.1 Å². The van der Waals surface area contributed by atoms with Crippen LogP contribution in [0.5, 0.6) is 0 Å². The molecule has 2 N–H and O–H groups in total. The van der Waals surface area contributed by atoms with Gasteiger partial charge in [-0.25, -0.2) is 0 Å². The first-order valence-electron chi connectivity index (χ1n) is 6.85. The minimum atomic E-state index is 0.260. The molecule has 0 saturated carbocycles. The maximum Gasteiger partial charge on any atom is 0.163 e. The van der Waals surface area contributed by atoms with Crippen molar-refractivity contribution in [2.45, 2.75) is 40.0 Å². The van der Waals surface area contributed by atoms with E-state index in [0.717, 1.165) is 24.0 Å². The normalized spacial score (nSPS) is 12.7. The van der Waals surface area contributed by atoms with E-state index in [1.807, 2.05) is 31.2 Å². The molecular weight excluding hydrogens is 222 g/mol. The van der Waals surface area contributed by atoms with Crippen molar-refractivity contribution < 1.29 is 4.79 Å². The van der Waals surface area contributed by atoms with Gasteiger partial charge in [-0.15, -0.1) is 0 Å². The molecule has 100 valence electrons. The highest BCUT2D eigenvalue weighted by Crippen LogP contribution is 2.22. The fourth-order valence-electron chi connectivity index (χ4n) is 2.36. The Morgan fingerprint density at radius 1 is 1.22 bits per heavy atom. The Hall–Kier alpha value is -1.15. The van der Waals surface area contributed by atoms with Gasteiger partial charge in [-0.2, -0.15) is 0 Å². The van der Waals surface area contributed by atoms with Gasteiger partial charge in [0.1, 0.15) is 0 Å². The summed E-state index contributed by atoms with van der Waals surface area (Å²) in [5.74, 6) is 1.41. The molecule has 0 amide bonds. The predicted molar refractivity (Wildman–Crippen MR) is 76.7 cm³/mol. The first-order chi connectivity index (χ1) is 8.56. The largest absolute Gasteiger partial charge is 0.330 e. The summed E-state index contributed by atoms with van der Waals surface area (Å²) >= 11 is 0. The van der Waals surface area contributed by atoms with Gasteiger partial charge in [0.25, 0.3) is 0 Å². The molecule has 2 heteroatoms. The topological polar surface area (TPSA) is 43.1 Å². The Kier molecular flexibility index (Phi) is 6.06. The number of carbonyl (C=O) groups excluding carboxylic acids is 1. The summed E-state index contributed by atoms with van der Waals surface area (Å²) in [6.45, 7) is 7.12. The summed E-state index contributed by atoms with van der Waals surface area (Å²) in [5.41, 5.74) is 7.56. The highest BCUT2D eigenvalue weighted by atomic mass is 16.1. The average Bonchev–Trinajstić information content (AvgIpc) is 2.34. The number of hydrogen-bond acceptors (Lipinski definition) is 2. The van der Waals surface area contributed by atoms with Gasteiger partial charge in [-0.3, -0.25) is 4.79 Å². The smallest absolute Gasteiger partial charge is 0.163 e. The van der Waals surface area contributed by atoms with E-state index in [1.54, 1.807) is 0 Å². The van der Waals surface area contributed by atoms with Crippen molar-refractivity contribution in [3.05, 3.63) is 35.4 Å². The molecular formula is C16H25NO. The summed E-state index contributed by atoms with van der Waals surface area (Å²) in [5, 5.41) is 0. The Labute approximate surface area is 111 Å². The fraction of sp³-hybridized carbons (Fsp3) is 0.562. The SMILES string of the molecule is Cc1ccccc1C(=O)CCC(CCN)C(C)C. The molecule has 0 saturated heterocycles. The van der Waals surface area contributed by atoms with E-state index < -0.39 is 0 Å². The van der Waals surface area contributed by atoms with Gasteiger partial charge >= 0.3 is 0 Å². The van der Waals surface area contributed by atoms with Crippen LogP contribution >= 0.6 is 0 Å². The molecule has 1 rings (SSSR count). The molecule has 18 heavy (non-hydrogen) atoms. The molecule has 1 unspecified atom stereocenters. The van der Waals surface area contributed by atoms with E-state index >= 15 is 0 Å². The highest BCUT2D eigenvalue weighted by molar-refractivity contribution is 5.97. The lowest BCUT2D eigenvalue weighted by atomic mass is 9.86. The van der Waals surface area contributed by atoms with Gasteiger partial charge in [0.2, 0.25) is 0 Å². The van der Waals surface area contributed by atoms with Crippen molar-refractivity contribution in [2.75, 3.05) is 6.54 Å². The molecule has 0 fully saturated rings. The number of benzene rings is 1. The van der Waals surface area contributed by atoms with Gasteiger partial charge < -0.3 is 5.73 Å². The molecule has 1 atom stereocenters. The van der Waals surface area contributed by atoms with Gasteiger partial charge in [0.05, 0.1) is 0 Å². The Bertz CT molecular complexity index is 384. The van der Waals surface area contributed by atoms with Crippen LogP contribution in [0, 0.1) is 18.8 Å². The third-order valence-corrected chi connectivity index (χ3v) is 3.67. The van der Waals surface area contributed by atoms with Crippen molar-refractivity contribution in [3.63, 3.8) is 0 Å². The lowest BCUT2D eigenvalue weighted by molar-refractivity contribution is 0.0968. The number of Topliss-reactive ketones (excluding diaryl/α,β-unsaturated/α-hetero) is 1. The van der Waals surface area contributed by atoms with Crippen LogP contribution in [0.25, 0.3) is 0 Å². The second-order valence-corrected chi connectivity index (χ2v) is 5.36. The van der Waals surface area contributed by atoms with Crippen LogP contribution in [0.15, 0.2) is 24.3 Å². The standard InChI is InChI=1S/C16H25NO/c1-12(2)14(10-11-17)8-9-16(18)15-7-5-4-6-13(15)3/h4-7,12,14H,8-11,17H2,1-3H3. The van der Waals surface area contributed by atoms with Crippen molar-refractivity contribution >= 4 is 5.78 Å². The van der Waals surface area contributed by atoms with Crippen LogP contribution in [0.2, 0.25) is 0 Å². The number of ketones is 1. The Morgan fingerprint density at radius 3 is 2.44 bits per heavy atom. The van der Waals surface area contributed by atoms with E-state index in [2.05, 4.69) is 13.8 Å². The van der Waals surface area contributed by atoms with Crippen molar-refractivity contribution in [1.29, 1.82) is 0 Å². The van der Waals surface area contributed by atoms with E-state index in [0.29, 0.717) is 24.8 Å². The van der Waals surface area contributed by atoms with Crippen LogP contribution in [0.1, 0.15) is 49.0 Å². The van der Waals surface area contributed by atoms with E-state index in [4.69, 9.17) is 5.73 Å². The first kappa shape index (κ1) is 14.9. The molecule has 0 spiro atoms. The van der Waals surface area contributed by atoms with Gasteiger partial charge in [-0.05, 0) is 43.7 Å². The first-order valence-corrected chi connectivity index (χ1v) is 6.85. The zero-order valence-corrected chi connectivity index (χ0v) is 11.8. The summed E-state index contributed by atoms with van der Waals surface area (Å²) in [6.07, 6.45) is 2.59. The third kappa shape index (κ3) is 4.26. The summed E-state index contributed by atoms with van der Waals surface area (Å²) in [4.78, 5) is 12.2. The summed E-state index contributed by atoms with van der Waals surface area (Å²) < 4.78 is 0. The second-order valence-electron chi connectivity index (χ2n) is 5.36. The predicted octanol–water partition coefficient (Wildman–Crippen LogP) is 3.58. The number of carbonyl (C=O) groups is 1. The van der Waals surface area contributed by atoms with Crippen molar-refractivity contribution in [1.82, 2.24) is 0 Å². The zero-order chi connectivity index (χ0) is 13.5. The molecule has 0 aliphatic rings. The number of nitrogens with two attached hydrogens (primary N) is 1. The lowest BCUT2D eigenvalue weighted by Crippen LogP contribution is -2.16. The molecule has 1 aromatic carbocycles. The van der Waals surface area contributed by atoms with Crippen LogP contribution in [-0.2, 0) is 0 Å². The molecule has 1 aromatic rings. The average molecular weight is 247 g/mol. The van der Waals surface area contributed by atoms with Crippen molar-refractivity contribution in [3.8, 4) is 0 Å². The molecule has 0 aromatic heterocycles. The van der Waals surface area contributed by atoms with Crippen LogP contribution < -0.4 is 5.73 Å². The maximum atomic E-state index is 12.2. The van der Waals surface area contributed by atoms with Crippen LogP contribution in [0.4, 0.5) is 0 Å². The van der Waals surface area contributed by atoms with E-state index in [9.17, 15) is 4.79 Å². The molecule has 0 bridgehead atoms. The van der Waals surface area contributed by atoms with E-state index in [1.165, 1.54) is 0 Å². The molecule has 0 heterocycles. The molecule has 0 aliphatic heterocycles. The quantitative estimate of drug-likeness (QED) is 0.748. The number of aryl methyl sites for hydroxylation is 1. The summed E-state index contributed by atoms with van der Waals surface area (Å²) in [6, 6.07) is 7.82. The Morgan fingerprint density at radius 2 is 1.89 bits per heavy atom. The molecule has 0 aliphatic carbocycles. The Balaban J connectivity index is 2.58. The van der Waals surface area contributed by atoms with Gasteiger partial charge in [0.15, 0.2) is 5.78 Å². The molecule has 0 radical (unpaired) electrons. The fourth-order valence-corrected chi connectivity index (χ4v) is 2.36. The lowest BCUT2D eigenvalue weighted by Gasteiger charge is -2.19.